The van der Waals surface area contributed by atoms with Crippen LogP contribution in [0.15, 0.2) is 12.1 Å². The Bertz CT molecular complexity index is 1100. The fourth-order valence-electron chi connectivity index (χ4n) is 5.66. The fourth-order valence-corrected chi connectivity index (χ4v) is 7.25. The number of aromatic nitrogens is 4. The SMILES string of the molecule is CCS(=O)(=O)N1[C@@H]2CCC[C@H]1CC(N(C)c1nc(Nc3cc(C)[nH]n3)cc([C@H]3CCCO3)n1)C2. The number of fused-ring (bicyclic) bond motifs is 2. The van der Waals surface area contributed by atoms with E-state index in [0.717, 1.165) is 62.9 Å². The Morgan fingerprint density at radius 3 is 2.53 bits per heavy atom. The Morgan fingerprint density at radius 1 is 1.15 bits per heavy atom. The van der Waals surface area contributed by atoms with Crippen molar-refractivity contribution in [2.75, 3.05) is 29.6 Å². The van der Waals surface area contributed by atoms with Crippen molar-refractivity contribution < 1.29 is 13.2 Å². The van der Waals surface area contributed by atoms with Crippen LogP contribution in [-0.4, -0.2) is 70.4 Å². The Hall–Kier alpha value is -2.24. The summed E-state index contributed by atoms with van der Waals surface area (Å²) in [6.07, 6.45) is 6.44. The molecule has 5 rings (SSSR count). The first-order valence-corrected chi connectivity index (χ1v) is 14.0. The molecule has 2 aromatic heterocycles. The zero-order valence-electron chi connectivity index (χ0n) is 20.2. The highest BCUT2D eigenvalue weighted by molar-refractivity contribution is 7.89. The third kappa shape index (κ3) is 4.65. The molecule has 3 aliphatic heterocycles. The van der Waals surface area contributed by atoms with Gasteiger partial charge in [-0.05, 0) is 52.4 Å². The Morgan fingerprint density at radius 2 is 1.91 bits per heavy atom. The molecule has 0 radical (unpaired) electrons. The van der Waals surface area contributed by atoms with Crippen molar-refractivity contribution in [3.8, 4) is 0 Å². The first kappa shape index (κ1) is 23.5. The van der Waals surface area contributed by atoms with Gasteiger partial charge in [0.05, 0.1) is 17.6 Å². The molecule has 0 saturated carbocycles. The molecule has 11 heteroatoms. The van der Waals surface area contributed by atoms with Crippen LogP contribution in [0.4, 0.5) is 17.6 Å². The summed E-state index contributed by atoms with van der Waals surface area (Å²) in [5, 5.41) is 10.5. The maximum absolute atomic E-state index is 12.8. The van der Waals surface area contributed by atoms with E-state index in [0.29, 0.717) is 17.6 Å². The van der Waals surface area contributed by atoms with Gasteiger partial charge in [0.1, 0.15) is 5.82 Å². The molecule has 186 valence electrons. The monoisotopic (exact) mass is 489 g/mol. The average Bonchev–Trinajstić information content (AvgIpc) is 3.49. The van der Waals surface area contributed by atoms with Crippen LogP contribution >= 0.6 is 0 Å². The van der Waals surface area contributed by atoms with E-state index in [1.807, 2.05) is 30.4 Å². The zero-order valence-corrected chi connectivity index (χ0v) is 21.0. The van der Waals surface area contributed by atoms with Crippen molar-refractivity contribution in [1.82, 2.24) is 24.5 Å². The molecule has 10 nitrogen and oxygen atoms in total. The Kier molecular flexibility index (Phi) is 6.51. The minimum absolute atomic E-state index is 0.0347. The quantitative estimate of drug-likeness (QED) is 0.609. The number of aryl methyl sites for hydroxylation is 1. The average molecular weight is 490 g/mol. The number of nitrogens with zero attached hydrogens (tertiary/aromatic N) is 5. The molecule has 3 aliphatic rings. The number of hydrogen-bond donors (Lipinski definition) is 2. The molecule has 0 aliphatic carbocycles. The second-order valence-corrected chi connectivity index (χ2v) is 11.9. The predicted molar refractivity (Wildman–Crippen MR) is 131 cm³/mol. The predicted octanol–water partition coefficient (Wildman–Crippen LogP) is 3.27. The van der Waals surface area contributed by atoms with Crippen molar-refractivity contribution in [1.29, 1.82) is 0 Å². The van der Waals surface area contributed by atoms with Crippen LogP contribution in [0.1, 0.15) is 69.4 Å². The second-order valence-electron chi connectivity index (χ2n) is 9.75. The van der Waals surface area contributed by atoms with Gasteiger partial charge in [0.2, 0.25) is 16.0 Å². The van der Waals surface area contributed by atoms with Crippen LogP contribution < -0.4 is 10.2 Å². The van der Waals surface area contributed by atoms with E-state index in [-0.39, 0.29) is 30.0 Å². The molecule has 2 N–H and O–H groups in total. The lowest BCUT2D eigenvalue weighted by atomic mass is 9.83. The van der Waals surface area contributed by atoms with E-state index in [1.54, 1.807) is 6.92 Å². The van der Waals surface area contributed by atoms with E-state index < -0.39 is 10.0 Å². The lowest BCUT2D eigenvalue weighted by molar-refractivity contribution is 0.107. The number of anilines is 3. The van der Waals surface area contributed by atoms with E-state index in [9.17, 15) is 8.42 Å². The van der Waals surface area contributed by atoms with Crippen molar-refractivity contribution in [3.05, 3.63) is 23.5 Å². The second kappa shape index (κ2) is 9.43. The summed E-state index contributed by atoms with van der Waals surface area (Å²) < 4.78 is 33.3. The number of sulfonamides is 1. The van der Waals surface area contributed by atoms with Gasteiger partial charge in [-0.25, -0.2) is 13.4 Å². The summed E-state index contributed by atoms with van der Waals surface area (Å²) in [7, 11) is -1.17. The minimum Gasteiger partial charge on any atom is -0.372 e. The van der Waals surface area contributed by atoms with E-state index in [4.69, 9.17) is 14.7 Å². The number of H-pyrrole nitrogens is 1. The molecule has 1 unspecified atom stereocenters. The Balaban J connectivity index is 1.42. The van der Waals surface area contributed by atoms with Crippen LogP contribution in [-0.2, 0) is 14.8 Å². The zero-order chi connectivity index (χ0) is 23.9. The topological polar surface area (TPSA) is 116 Å². The van der Waals surface area contributed by atoms with Gasteiger partial charge in [-0.15, -0.1) is 0 Å². The van der Waals surface area contributed by atoms with Crippen molar-refractivity contribution in [3.63, 3.8) is 0 Å². The van der Waals surface area contributed by atoms with Crippen LogP contribution in [0.3, 0.4) is 0 Å². The smallest absolute Gasteiger partial charge is 0.227 e. The van der Waals surface area contributed by atoms with Crippen LogP contribution in [0.25, 0.3) is 0 Å². The first-order chi connectivity index (χ1) is 16.3. The molecular formula is C23H35N7O3S. The van der Waals surface area contributed by atoms with Gasteiger partial charge in [0.15, 0.2) is 5.82 Å². The van der Waals surface area contributed by atoms with Crippen molar-refractivity contribution >= 4 is 27.6 Å². The summed E-state index contributed by atoms with van der Waals surface area (Å²) in [5.74, 6) is 2.18. The molecule has 3 saturated heterocycles. The summed E-state index contributed by atoms with van der Waals surface area (Å²) in [5.41, 5.74) is 1.84. The van der Waals surface area contributed by atoms with E-state index in [1.165, 1.54) is 0 Å². The van der Waals surface area contributed by atoms with Gasteiger partial charge >= 0.3 is 0 Å². The van der Waals surface area contributed by atoms with Crippen LogP contribution in [0.5, 0.6) is 0 Å². The van der Waals surface area contributed by atoms with Crippen LogP contribution in [0.2, 0.25) is 0 Å². The van der Waals surface area contributed by atoms with E-state index in [2.05, 4.69) is 20.4 Å². The molecule has 2 aromatic rings. The Labute approximate surface area is 201 Å². The highest BCUT2D eigenvalue weighted by Crippen LogP contribution is 2.39. The van der Waals surface area contributed by atoms with Gasteiger partial charge in [0.25, 0.3) is 0 Å². The lowest BCUT2D eigenvalue weighted by Gasteiger charge is -2.49. The summed E-state index contributed by atoms with van der Waals surface area (Å²) in [6, 6.07) is 4.16. The molecule has 4 atom stereocenters. The highest BCUT2D eigenvalue weighted by Gasteiger charge is 2.45. The maximum atomic E-state index is 12.8. The number of aromatic amines is 1. The largest absolute Gasteiger partial charge is 0.372 e. The van der Waals surface area contributed by atoms with Gasteiger partial charge in [-0.2, -0.15) is 14.4 Å². The van der Waals surface area contributed by atoms with Gasteiger partial charge < -0.3 is 15.0 Å². The van der Waals surface area contributed by atoms with Gasteiger partial charge in [-0.3, -0.25) is 5.10 Å². The number of nitrogens with one attached hydrogen (secondary N) is 2. The number of ether oxygens (including phenoxy) is 1. The normalized spacial score (nSPS) is 27.6. The number of piperidine rings is 2. The molecule has 34 heavy (non-hydrogen) atoms. The summed E-state index contributed by atoms with van der Waals surface area (Å²) in [4.78, 5) is 11.9. The van der Waals surface area contributed by atoms with Gasteiger partial charge in [-0.1, -0.05) is 6.42 Å². The van der Waals surface area contributed by atoms with Crippen molar-refractivity contribution in [2.24, 2.45) is 0 Å². The number of hydrogen-bond acceptors (Lipinski definition) is 8. The highest BCUT2D eigenvalue weighted by atomic mass is 32.2. The standard InChI is InChI=1S/C23H35N7O3S/c1-4-34(31,32)30-16-7-5-8-17(30)13-18(12-16)29(3)23-24-19(20-9-6-10-33-20)14-21(26-23)25-22-11-15(2)27-28-22/h11,14,16-18,20H,4-10,12-13H2,1-3H3,(H2,24,25,26,27,28)/t16-,17+,18?,20-/m1/s1. The lowest BCUT2D eigenvalue weighted by Crippen LogP contribution is -2.58. The molecule has 5 heterocycles. The molecular weight excluding hydrogens is 454 g/mol. The molecule has 0 amide bonds. The minimum atomic E-state index is -3.20. The molecule has 0 aromatic carbocycles. The first-order valence-electron chi connectivity index (χ1n) is 12.4. The summed E-state index contributed by atoms with van der Waals surface area (Å²) >= 11 is 0. The van der Waals surface area contributed by atoms with Gasteiger partial charge in [0, 0.05) is 49.6 Å². The third-order valence-electron chi connectivity index (χ3n) is 7.39. The molecule has 2 bridgehead atoms. The van der Waals surface area contributed by atoms with Crippen molar-refractivity contribution in [2.45, 2.75) is 83.0 Å². The summed E-state index contributed by atoms with van der Waals surface area (Å²) in [6.45, 7) is 4.44. The molecule has 3 fully saturated rings. The fraction of sp³-hybridized carbons (Fsp3) is 0.696. The van der Waals surface area contributed by atoms with E-state index >= 15 is 0 Å². The van der Waals surface area contributed by atoms with Crippen LogP contribution in [0, 0.1) is 6.92 Å². The maximum Gasteiger partial charge on any atom is 0.227 e. The number of rotatable bonds is 7. The third-order valence-corrected chi connectivity index (χ3v) is 9.36. The molecule has 0 spiro atoms.